The Morgan fingerprint density at radius 2 is 2.04 bits per heavy atom. The molecule has 0 saturated carbocycles. The van der Waals surface area contributed by atoms with Crippen LogP contribution in [0.2, 0.25) is 5.02 Å². The largest absolute Gasteiger partial charge is 0.489 e. The first-order valence-corrected chi connectivity index (χ1v) is 9.36. The second kappa shape index (κ2) is 7.52. The smallest absolute Gasteiger partial charge is 0.120 e. The minimum Gasteiger partial charge on any atom is -0.489 e. The van der Waals surface area contributed by atoms with Gasteiger partial charge in [-0.2, -0.15) is 5.10 Å². The van der Waals surface area contributed by atoms with Crippen molar-refractivity contribution < 1.29 is 4.74 Å². The van der Waals surface area contributed by atoms with Crippen molar-refractivity contribution in [3.63, 3.8) is 0 Å². The molecular formula is C21H22ClN3O. The van der Waals surface area contributed by atoms with Crippen molar-refractivity contribution in [3.8, 4) is 17.0 Å². The standard InChI is InChI=1S/C21H22ClN3O/c1-2-8-25-12-16-6-7-20(10-17(16)13-25)26-14-18-11-23-24-21(18)15-4-3-5-19(22)9-15/h3-7,9-11H,2,8,12-14H2,1H3,(H,23,24). The number of fused-ring (bicyclic) bond motifs is 1. The number of nitrogens with zero attached hydrogens (tertiary/aromatic N) is 2. The summed E-state index contributed by atoms with van der Waals surface area (Å²) in [7, 11) is 0. The normalized spacial score (nSPS) is 13.8. The average molecular weight is 368 g/mol. The summed E-state index contributed by atoms with van der Waals surface area (Å²) in [5, 5.41) is 7.93. The number of rotatable bonds is 6. The van der Waals surface area contributed by atoms with E-state index in [1.54, 1.807) is 0 Å². The molecule has 0 bridgehead atoms. The number of nitrogens with one attached hydrogen (secondary N) is 1. The third-order valence-electron chi connectivity index (χ3n) is 4.73. The zero-order valence-corrected chi connectivity index (χ0v) is 15.6. The molecule has 2 heterocycles. The maximum Gasteiger partial charge on any atom is 0.120 e. The number of H-pyrrole nitrogens is 1. The third kappa shape index (κ3) is 3.62. The summed E-state index contributed by atoms with van der Waals surface area (Å²) < 4.78 is 6.05. The van der Waals surface area contributed by atoms with Crippen molar-refractivity contribution in [2.75, 3.05) is 6.54 Å². The molecule has 1 aliphatic heterocycles. The van der Waals surface area contributed by atoms with Crippen LogP contribution in [0.3, 0.4) is 0 Å². The lowest BCUT2D eigenvalue weighted by Crippen LogP contribution is -2.16. The molecule has 0 radical (unpaired) electrons. The van der Waals surface area contributed by atoms with Gasteiger partial charge in [-0.1, -0.05) is 36.7 Å². The van der Waals surface area contributed by atoms with Crippen molar-refractivity contribution in [3.05, 3.63) is 70.4 Å². The van der Waals surface area contributed by atoms with E-state index in [0.717, 1.165) is 42.2 Å². The molecule has 1 aromatic heterocycles. The van der Waals surface area contributed by atoms with E-state index in [1.165, 1.54) is 17.5 Å². The van der Waals surface area contributed by atoms with Gasteiger partial charge in [0.2, 0.25) is 0 Å². The lowest BCUT2D eigenvalue weighted by atomic mass is 10.1. The molecule has 2 aromatic carbocycles. The van der Waals surface area contributed by atoms with Gasteiger partial charge in [0.05, 0.1) is 11.9 Å². The summed E-state index contributed by atoms with van der Waals surface area (Å²) >= 11 is 6.11. The predicted molar refractivity (Wildman–Crippen MR) is 104 cm³/mol. The Kier molecular flexibility index (Phi) is 4.96. The van der Waals surface area contributed by atoms with Gasteiger partial charge in [-0.3, -0.25) is 10.00 Å². The Balaban J connectivity index is 1.46. The summed E-state index contributed by atoms with van der Waals surface area (Å²) in [6.45, 7) is 5.89. The first-order chi connectivity index (χ1) is 12.7. The molecule has 0 saturated heterocycles. The van der Waals surface area contributed by atoms with Gasteiger partial charge in [-0.15, -0.1) is 0 Å². The van der Waals surface area contributed by atoms with Gasteiger partial charge in [-0.05, 0) is 48.4 Å². The Morgan fingerprint density at radius 3 is 2.88 bits per heavy atom. The van der Waals surface area contributed by atoms with E-state index in [2.05, 4.69) is 40.2 Å². The van der Waals surface area contributed by atoms with Crippen LogP contribution in [-0.2, 0) is 19.7 Å². The second-order valence-electron chi connectivity index (χ2n) is 6.71. The van der Waals surface area contributed by atoms with Crippen molar-refractivity contribution in [2.45, 2.75) is 33.0 Å². The molecule has 4 rings (SSSR count). The van der Waals surface area contributed by atoms with Gasteiger partial charge in [0, 0.05) is 29.2 Å². The van der Waals surface area contributed by atoms with E-state index >= 15 is 0 Å². The van der Waals surface area contributed by atoms with Gasteiger partial charge in [0.15, 0.2) is 0 Å². The zero-order chi connectivity index (χ0) is 17.9. The fourth-order valence-electron chi connectivity index (χ4n) is 3.48. The highest BCUT2D eigenvalue weighted by Crippen LogP contribution is 2.28. The first kappa shape index (κ1) is 17.1. The summed E-state index contributed by atoms with van der Waals surface area (Å²) in [4.78, 5) is 2.47. The van der Waals surface area contributed by atoms with Gasteiger partial charge in [0.25, 0.3) is 0 Å². The maximum absolute atomic E-state index is 6.11. The van der Waals surface area contributed by atoms with E-state index in [1.807, 2.05) is 30.5 Å². The van der Waals surface area contributed by atoms with Crippen LogP contribution >= 0.6 is 11.6 Å². The molecule has 0 unspecified atom stereocenters. The molecule has 3 aromatic rings. The lowest BCUT2D eigenvalue weighted by Gasteiger charge is -2.12. The van der Waals surface area contributed by atoms with Crippen LogP contribution < -0.4 is 4.74 Å². The summed E-state index contributed by atoms with van der Waals surface area (Å²) in [6, 6.07) is 14.2. The monoisotopic (exact) mass is 367 g/mol. The van der Waals surface area contributed by atoms with Gasteiger partial charge >= 0.3 is 0 Å². The Bertz CT molecular complexity index is 906. The van der Waals surface area contributed by atoms with Crippen LogP contribution in [0.15, 0.2) is 48.7 Å². The quantitative estimate of drug-likeness (QED) is 0.664. The molecule has 0 atom stereocenters. The molecule has 134 valence electrons. The molecule has 0 aliphatic carbocycles. The molecule has 0 amide bonds. The lowest BCUT2D eigenvalue weighted by molar-refractivity contribution is 0.284. The van der Waals surface area contributed by atoms with Crippen LogP contribution in [0, 0.1) is 0 Å². The van der Waals surface area contributed by atoms with Crippen LogP contribution in [0.5, 0.6) is 5.75 Å². The van der Waals surface area contributed by atoms with E-state index in [-0.39, 0.29) is 0 Å². The molecule has 4 nitrogen and oxygen atoms in total. The number of halogens is 1. The number of aromatic amines is 1. The number of aromatic nitrogens is 2. The maximum atomic E-state index is 6.11. The van der Waals surface area contributed by atoms with Crippen molar-refractivity contribution in [2.24, 2.45) is 0 Å². The van der Waals surface area contributed by atoms with Crippen LogP contribution in [0.1, 0.15) is 30.0 Å². The van der Waals surface area contributed by atoms with Crippen molar-refractivity contribution >= 4 is 11.6 Å². The van der Waals surface area contributed by atoms with Crippen LogP contribution in [-0.4, -0.2) is 21.6 Å². The Morgan fingerprint density at radius 1 is 1.15 bits per heavy atom. The second-order valence-corrected chi connectivity index (χ2v) is 7.15. The Labute approximate surface area is 158 Å². The molecule has 26 heavy (non-hydrogen) atoms. The van der Waals surface area contributed by atoms with Gasteiger partial charge in [0.1, 0.15) is 12.4 Å². The molecule has 5 heteroatoms. The summed E-state index contributed by atoms with van der Waals surface area (Å²) in [5.41, 5.74) is 5.76. The SMILES string of the molecule is CCCN1Cc2ccc(OCc3cn[nH]c3-c3cccc(Cl)c3)cc2C1. The summed E-state index contributed by atoms with van der Waals surface area (Å²) in [6.07, 6.45) is 3.00. The van der Waals surface area contributed by atoms with Crippen molar-refractivity contribution in [1.82, 2.24) is 15.1 Å². The molecule has 1 aliphatic rings. The molecular weight excluding hydrogens is 346 g/mol. The fourth-order valence-corrected chi connectivity index (χ4v) is 3.67. The van der Waals surface area contributed by atoms with E-state index in [9.17, 15) is 0 Å². The number of hydrogen-bond acceptors (Lipinski definition) is 3. The fraction of sp³-hybridized carbons (Fsp3) is 0.286. The zero-order valence-electron chi connectivity index (χ0n) is 14.8. The average Bonchev–Trinajstić information content (AvgIpc) is 3.26. The highest BCUT2D eigenvalue weighted by Gasteiger charge is 2.18. The minimum absolute atomic E-state index is 0.468. The van der Waals surface area contributed by atoms with Crippen LogP contribution in [0.4, 0.5) is 0 Å². The highest BCUT2D eigenvalue weighted by atomic mass is 35.5. The summed E-state index contributed by atoms with van der Waals surface area (Å²) in [5.74, 6) is 0.903. The van der Waals surface area contributed by atoms with E-state index in [4.69, 9.17) is 16.3 Å². The highest BCUT2D eigenvalue weighted by molar-refractivity contribution is 6.30. The third-order valence-corrected chi connectivity index (χ3v) is 4.97. The topological polar surface area (TPSA) is 41.1 Å². The number of benzene rings is 2. The minimum atomic E-state index is 0.468. The molecule has 0 fully saturated rings. The number of hydrogen-bond donors (Lipinski definition) is 1. The van der Waals surface area contributed by atoms with E-state index in [0.29, 0.717) is 11.6 Å². The first-order valence-electron chi connectivity index (χ1n) is 8.98. The molecule has 1 N–H and O–H groups in total. The van der Waals surface area contributed by atoms with Gasteiger partial charge in [-0.25, -0.2) is 0 Å². The predicted octanol–water partition coefficient (Wildman–Crippen LogP) is 5.03. The van der Waals surface area contributed by atoms with E-state index < -0.39 is 0 Å². The van der Waals surface area contributed by atoms with Crippen molar-refractivity contribution in [1.29, 1.82) is 0 Å². The van der Waals surface area contributed by atoms with Gasteiger partial charge < -0.3 is 4.74 Å². The molecule has 0 spiro atoms. The van der Waals surface area contributed by atoms with Crippen LogP contribution in [0.25, 0.3) is 11.3 Å². The number of ether oxygens (including phenoxy) is 1. The Hall–Kier alpha value is -2.30.